The molecular weight excluding hydrogens is 320 g/mol. The smallest absolute Gasteiger partial charge is 0.258 e. The SMILES string of the molecule is NS(=O)(=O)c1ccc(S(=O)(=O)CCCl)c([N+](=O)[O-])c1. The lowest BCUT2D eigenvalue weighted by Gasteiger charge is -2.05. The van der Waals surface area contributed by atoms with Gasteiger partial charge in [-0.2, -0.15) is 0 Å². The van der Waals surface area contributed by atoms with Crippen LogP contribution in [-0.4, -0.2) is 33.4 Å². The molecular formula is C8H9ClN2O6S2. The van der Waals surface area contributed by atoms with Crippen LogP contribution in [0.4, 0.5) is 5.69 Å². The van der Waals surface area contributed by atoms with Crippen LogP contribution in [0.2, 0.25) is 0 Å². The van der Waals surface area contributed by atoms with Crippen molar-refractivity contribution in [3.8, 4) is 0 Å². The highest BCUT2D eigenvalue weighted by Gasteiger charge is 2.27. The van der Waals surface area contributed by atoms with Crippen LogP contribution in [0.3, 0.4) is 0 Å². The van der Waals surface area contributed by atoms with Gasteiger partial charge in [-0.3, -0.25) is 10.1 Å². The molecule has 0 unspecified atom stereocenters. The third-order valence-electron chi connectivity index (χ3n) is 2.14. The molecule has 0 saturated heterocycles. The Labute approximate surface area is 114 Å². The van der Waals surface area contributed by atoms with E-state index in [9.17, 15) is 26.9 Å². The van der Waals surface area contributed by atoms with Gasteiger partial charge in [0.2, 0.25) is 10.0 Å². The second-order valence-electron chi connectivity index (χ2n) is 3.44. The highest BCUT2D eigenvalue weighted by Crippen LogP contribution is 2.27. The van der Waals surface area contributed by atoms with Crippen molar-refractivity contribution < 1.29 is 21.8 Å². The van der Waals surface area contributed by atoms with Crippen molar-refractivity contribution in [1.29, 1.82) is 0 Å². The van der Waals surface area contributed by atoms with Crippen LogP contribution >= 0.6 is 11.6 Å². The van der Waals surface area contributed by atoms with Crippen molar-refractivity contribution in [2.75, 3.05) is 11.6 Å². The molecule has 19 heavy (non-hydrogen) atoms. The number of rotatable bonds is 5. The zero-order chi connectivity index (χ0) is 14.8. The molecule has 11 heteroatoms. The van der Waals surface area contributed by atoms with E-state index in [1.165, 1.54) is 0 Å². The second kappa shape index (κ2) is 5.41. The number of sulfone groups is 1. The summed E-state index contributed by atoms with van der Waals surface area (Å²) in [5, 5.41) is 15.6. The summed E-state index contributed by atoms with van der Waals surface area (Å²) in [5.41, 5.74) is -0.850. The summed E-state index contributed by atoms with van der Waals surface area (Å²) < 4.78 is 45.7. The Bertz CT molecular complexity index is 713. The summed E-state index contributed by atoms with van der Waals surface area (Å²) in [5.74, 6) is -0.736. The van der Waals surface area contributed by atoms with Crippen molar-refractivity contribution in [2.45, 2.75) is 9.79 Å². The van der Waals surface area contributed by atoms with Gasteiger partial charge in [-0.25, -0.2) is 22.0 Å². The predicted octanol–water partition coefficient (Wildman–Crippen LogP) is 0.255. The van der Waals surface area contributed by atoms with Gasteiger partial charge in [-0.05, 0) is 12.1 Å². The normalized spacial score (nSPS) is 12.3. The number of sulfonamides is 1. The van der Waals surface area contributed by atoms with Gasteiger partial charge in [0.15, 0.2) is 9.84 Å². The summed E-state index contributed by atoms with van der Waals surface area (Å²) in [7, 11) is -8.12. The summed E-state index contributed by atoms with van der Waals surface area (Å²) in [4.78, 5) is 8.70. The standard InChI is InChI=1S/C8H9ClN2O6S2/c9-3-4-18(14,15)8-2-1-6(19(10,16)17)5-7(8)11(12)13/h1-2,5H,3-4H2,(H2,10,16,17). The third-order valence-corrected chi connectivity index (χ3v) is 5.22. The largest absolute Gasteiger partial charge is 0.289 e. The van der Waals surface area contributed by atoms with Crippen LogP contribution in [0.1, 0.15) is 0 Å². The lowest BCUT2D eigenvalue weighted by Crippen LogP contribution is -2.15. The van der Waals surface area contributed by atoms with Crippen LogP contribution in [0.15, 0.2) is 28.0 Å². The first-order valence-electron chi connectivity index (χ1n) is 4.69. The van der Waals surface area contributed by atoms with E-state index in [0.717, 1.165) is 12.1 Å². The molecule has 0 aromatic heterocycles. The fraction of sp³-hybridized carbons (Fsp3) is 0.250. The fourth-order valence-corrected chi connectivity index (χ4v) is 3.58. The zero-order valence-corrected chi connectivity index (χ0v) is 11.7. The number of benzene rings is 1. The van der Waals surface area contributed by atoms with E-state index in [4.69, 9.17) is 16.7 Å². The number of halogens is 1. The molecule has 106 valence electrons. The zero-order valence-electron chi connectivity index (χ0n) is 9.31. The van der Waals surface area contributed by atoms with Crippen molar-refractivity contribution in [1.82, 2.24) is 0 Å². The van der Waals surface area contributed by atoms with Crippen molar-refractivity contribution in [2.24, 2.45) is 5.14 Å². The number of nitrogens with two attached hydrogens (primary N) is 1. The number of nitro groups is 1. The number of nitrogens with zero attached hydrogens (tertiary/aromatic N) is 1. The van der Waals surface area contributed by atoms with Crippen LogP contribution in [0, 0.1) is 10.1 Å². The quantitative estimate of drug-likeness (QED) is 0.467. The maximum atomic E-state index is 11.7. The Hall–Kier alpha value is -1.23. The van der Waals surface area contributed by atoms with Gasteiger partial charge in [-0.15, -0.1) is 11.6 Å². The Morgan fingerprint density at radius 2 is 1.84 bits per heavy atom. The molecule has 1 aromatic rings. The van der Waals surface area contributed by atoms with E-state index >= 15 is 0 Å². The van der Waals surface area contributed by atoms with E-state index in [1.54, 1.807) is 0 Å². The number of primary sulfonamides is 1. The van der Waals surface area contributed by atoms with Crippen LogP contribution in [0.5, 0.6) is 0 Å². The van der Waals surface area contributed by atoms with Crippen molar-refractivity contribution in [3.63, 3.8) is 0 Å². The third kappa shape index (κ3) is 3.62. The van der Waals surface area contributed by atoms with Gasteiger partial charge < -0.3 is 0 Å². The number of hydrogen-bond donors (Lipinski definition) is 1. The van der Waals surface area contributed by atoms with E-state index in [-0.39, 0.29) is 5.88 Å². The molecule has 1 rings (SSSR count). The topological polar surface area (TPSA) is 137 Å². The number of nitro benzene ring substituents is 1. The lowest BCUT2D eigenvalue weighted by atomic mass is 10.3. The summed E-state index contributed by atoms with van der Waals surface area (Å²) in [6, 6.07) is 2.33. The van der Waals surface area contributed by atoms with Gasteiger partial charge in [0.05, 0.1) is 15.6 Å². The molecule has 0 fully saturated rings. The molecule has 0 saturated carbocycles. The van der Waals surface area contributed by atoms with Gasteiger partial charge in [-0.1, -0.05) is 0 Å². The maximum Gasteiger partial charge on any atom is 0.289 e. The maximum absolute atomic E-state index is 11.7. The first kappa shape index (κ1) is 15.8. The Morgan fingerprint density at radius 1 is 1.26 bits per heavy atom. The average molecular weight is 329 g/mol. The Balaban J connectivity index is 3.57. The van der Waals surface area contributed by atoms with Gasteiger partial charge in [0.25, 0.3) is 5.69 Å². The van der Waals surface area contributed by atoms with Gasteiger partial charge >= 0.3 is 0 Å². The predicted molar refractivity (Wildman–Crippen MR) is 67.2 cm³/mol. The molecule has 2 N–H and O–H groups in total. The van der Waals surface area contributed by atoms with E-state index in [1.807, 2.05) is 0 Å². The lowest BCUT2D eigenvalue weighted by molar-refractivity contribution is -0.388. The molecule has 0 aliphatic heterocycles. The Kier molecular flexibility index (Phi) is 4.50. The van der Waals surface area contributed by atoms with Crippen molar-refractivity contribution >= 4 is 37.1 Å². The number of alkyl halides is 1. The molecule has 0 bridgehead atoms. The molecule has 0 aliphatic carbocycles. The van der Waals surface area contributed by atoms with E-state index in [0.29, 0.717) is 6.07 Å². The summed E-state index contributed by atoms with van der Waals surface area (Å²) in [6.07, 6.45) is 0. The van der Waals surface area contributed by atoms with Crippen molar-refractivity contribution in [3.05, 3.63) is 28.3 Å². The monoisotopic (exact) mass is 328 g/mol. The molecule has 8 nitrogen and oxygen atoms in total. The van der Waals surface area contributed by atoms with Crippen LogP contribution in [-0.2, 0) is 19.9 Å². The molecule has 0 radical (unpaired) electrons. The molecule has 0 amide bonds. The van der Waals surface area contributed by atoms with Crippen LogP contribution in [0.25, 0.3) is 0 Å². The molecule has 0 aliphatic rings. The Morgan fingerprint density at radius 3 is 2.26 bits per heavy atom. The molecule has 0 heterocycles. The summed E-state index contributed by atoms with van der Waals surface area (Å²) >= 11 is 5.31. The fourth-order valence-electron chi connectivity index (χ4n) is 1.29. The molecule has 0 spiro atoms. The first-order chi connectivity index (χ1) is 8.59. The highest BCUT2D eigenvalue weighted by molar-refractivity contribution is 7.91. The minimum atomic E-state index is -4.16. The molecule has 0 atom stereocenters. The minimum absolute atomic E-state index is 0.240. The minimum Gasteiger partial charge on any atom is -0.258 e. The average Bonchev–Trinajstić information content (AvgIpc) is 2.26. The molecule has 1 aromatic carbocycles. The van der Waals surface area contributed by atoms with Gasteiger partial charge in [0, 0.05) is 11.9 Å². The van der Waals surface area contributed by atoms with Crippen LogP contribution < -0.4 is 5.14 Å². The first-order valence-corrected chi connectivity index (χ1v) is 8.43. The van der Waals surface area contributed by atoms with E-state index < -0.39 is 46.0 Å². The van der Waals surface area contributed by atoms with Gasteiger partial charge in [0.1, 0.15) is 4.90 Å². The second-order valence-corrected chi connectivity index (χ2v) is 7.46. The highest BCUT2D eigenvalue weighted by atomic mass is 35.5. The number of hydrogen-bond acceptors (Lipinski definition) is 6. The summed E-state index contributed by atoms with van der Waals surface area (Å²) in [6.45, 7) is 0. The van der Waals surface area contributed by atoms with E-state index in [2.05, 4.69) is 0 Å².